The standard InChI is InChI=1S/C25H38ClN7O2/c1-32-14-12-20(13-15-32)33(2)25-30-23(27-18-8-6-4-5-7-9-18)29-24(31-25)28-19-10-11-22(21(26)16-19)35-17-34-3/h10-11,16,18,20H,4-9,12-15,17H2,1-3H3,(H2,27,28,29,30,31). The van der Waals surface area contributed by atoms with Gasteiger partial charge in [-0.2, -0.15) is 15.0 Å². The maximum absolute atomic E-state index is 6.40. The van der Waals surface area contributed by atoms with Crippen LogP contribution in [0.5, 0.6) is 5.75 Å². The third-order valence-corrected chi connectivity index (χ3v) is 7.18. The van der Waals surface area contributed by atoms with Gasteiger partial charge in [0, 0.05) is 31.9 Å². The number of nitrogens with one attached hydrogen (secondary N) is 2. The first-order valence-electron chi connectivity index (χ1n) is 12.6. The molecule has 0 atom stereocenters. The third-order valence-electron chi connectivity index (χ3n) is 6.88. The molecule has 4 rings (SSSR count). The Balaban J connectivity index is 1.56. The number of halogens is 1. The molecule has 192 valence electrons. The van der Waals surface area contributed by atoms with Crippen LogP contribution in [0.2, 0.25) is 5.02 Å². The minimum atomic E-state index is 0.142. The average molecular weight is 504 g/mol. The van der Waals surface area contributed by atoms with Crippen molar-refractivity contribution in [2.45, 2.75) is 63.5 Å². The van der Waals surface area contributed by atoms with Crippen LogP contribution < -0.4 is 20.3 Å². The van der Waals surface area contributed by atoms with Crippen molar-refractivity contribution in [3.63, 3.8) is 0 Å². The number of likely N-dealkylation sites (tertiary alicyclic amines) is 1. The van der Waals surface area contributed by atoms with Crippen LogP contribution in [0.15, 0.2) is 18.2 Å². The van der Waals surface area contributed by atoms with Crippen LogP contribution in [0.4, 0.5) is 23.5 Å². The second kappa shape index (κ2) is 12.6. The smallest absolute Gasteiger partial charge is 0.233 e. The zero-order valence-corrected chi connectivity index (χ0v) is 21.9. The summed E-state index contributed by atoms with van der Waals surface area (Å²) < 4.78 is 10.5. The lowest BCUT2D eigenvalue weighted by Gasteiger charge is -2.35. The molecule has 1 aromatic heterocycles. The molecule has 1 aliphatic heterocycles. The van der Waals surface area contributed by atoms with Crippen molar-refractivity contribution in [3.05, 3.63) is 23.2 Å². The zero-order chi connectivity index (χ0) is 24.6. The molecule has 0 bridgehead atoms. The number of nitrogens with zero attached hydrogens (tertiary/aromatic N) is 5. The van der Waals surface area contributed by atoms with Gasteiger partial charge in [-0.3, -0.25) is 0 Å². The highest BCUT2D eigenvalue weighted by atomic mass is 35.5. The van der Waals surface area contributed by atoms with Gasteiger partial charge in [0.15, 0.2) is 6.79 Å². The Labute approximate surface area is 213 Å². The average Bonchev–Trinajstić information content (AvgIpc) is 3.12. The van der Waals surface area contributed by atoms with Gasteiger partial charge in [-0.25, -0.2) is 0 Å². The lowest BCUT2D eigenvalue weighted by molar-refractivity contribution is 0.0512. The number of hydrogen-bond donors (Lipinski definition) is 2. The third kappa shape index (κ3) is 7.32. The van der Waals surface area contributed by atoms with E-state index in [0.29, 0.717) is 40.7 Å². The van der Waals surface area contributed by atoms with Crippen molar-refractivity contribution >= 4 is 35.1 Å². The van der Waals surface area contributed by atoms with Gasteiger partial charge in [0.1, 0.15) is 5.75 Å². The zero-order valence-electron chi connectivity index (χ0n) is 21.1. The molecule has 2 aromatic rings. The van der Waals surface area contributed by atoms with E-state index in [-0.39, 0.29) is 6.79 Å². The number of aromatic nitrogens is 3. The molecule has 0 radical (unpaired) electrons. The quantitative estimate of drug-likeness (QED) is 0.365. The molecule has 2 N–H and O–H groups in total. The van der Waals surface area contributed by atoms with E-state index in [2.05, 4.69) is 34.5 Å². The van der Waals surface area contributed by atoms with E-state index in [9.17, 15) is 0 Å². The van der Waals surface area contributed by atoms with Crippen LogP contribution in [-0.4, -0.2) is 73.0 Å². The maximum atomic E-state index is 6.40. The molecule has 2 heterocycles. The Morgan fingerprint density at radius 3 is 2.43 bits per heavy atom. The second-order valence-corrected chi connectivity index (χ2v) is 9.99. The minimum absolute atomic E-state index is 0.142. The van der Waals surface area contributed by atoms with Crippen molar-refractivity contribution < 1.29 is 9.47 Å². The molecule has 9 nitrogen and oxygen atoms in total. The van der Waals surface area contributed by atoms with E-state index in [1.165, 1.54) is 25.7 Å². The fourth-order valence-electron chi connectivity index (χ4n) is 4.74. The Hall–Kier alpha value is -2.36. The highest BCUT2D eigenvalue weighted by Crippen LogP contribution is 2.30. The van der Waals surface area contributed by atoms with Crippen LogP contribution in [0.1, 0.15) is 51.4 Å². The summed E-state index contributed by atoms with van der Waals surface area (Å²) in [4.78, 5) is 18.9. The topological polar surface area (TPSA) is 87.7 Å². The molecule has 2 aliphatic rings. The van der Waals surface area contributed by atoms with E-state index in [1.807, 2.05) is 6.07 Å². The molecule has 2 fully saturated rings. The van der Waals surface area contributed by atoms with E-state index >= 15 is 0 Å². The SMILES string of the molecule is COCOc1ccc(Nc2nc(NC3CCCCCC3)nc(N(C)C3CCN(C)CC3)n2)cc1Cl. The van der Waals surface area contributed by atoms with Crippen LogP contribution in [0.3, 0.4) is 0 Å². The monoisotopic (exact) mass is 503 g/mol. The largest absolute Gasteiger partial charge is 0.466 e. The predicted octanol–water partition coefficient (Wildman–Crippen LogP) is 4.92. The van der Waals surface area contributed by atoms with E-state index in [0.717, 1.165) is 44.5 Å². The lowest BCUT2D eigenvalue weighted by Crippen LogP contribution is -2.42. The fraction of sp³-hybridized carbons (Fsp3) is 0.640. The Morgan fingerprint density at radius 2 is 1.74 bits per heavy atom. The van der Waals surface area contributed by atoms with Gasteiger partial charge < -0.3 is 29.9 Å². The van der Waals surface area contributed by atoms with Crippen molar-refractivity contribution in [1.29, 1.82) is 0 Å². The highest BCUT2D eigenvalue weighted by molar-refractivity contribution is 6.32. The van der Waals surface area contributed by atoms with Gasteiger partial charge in [0.05, 0.1) is 5.02 Å². The van der Waals surface area contributed by atoms with Gasteiger partial charge in [0.2, 0.25) is 17.8 Å². The summed E-state index contributed by atoms with van der Waals surface area (Å²) in [5.41, 5.74) is 0.777. The predicted molar refractivity (Wildman–Crippen MR) is 141 cm³/mol. The maximum Gasteiger partial charge on any atom is 0.233 e. The van der Waals surface area contributed by atoms with Gasteiger partial charge >= 0.3 is 0 Å². The molecule has 10 heteroatoms. The lowest BCUT2D eigenvalue weighted by atomic mass is 10.0. The Kier molecular flexibility index (Phi) is 9.23. The fourth-order valence-corrected chi connectivity index (χ4v) is 4.98. The van der Waals surface area contributed by atoms with Gasteiger partial charge in [-0.15, -0.1) is 0 Å². The Morgan fingerprint density at radius 1 is 1.03 bits per heavy atom. The molecule has 0 spiro atoms. The molecule has 0 amide bonds. The Bertz CT molecular complexity index is 947. The van der Waals surface area contributed by atoms with Crippen LogP contribution in [0.25, 0.3) is 0 Å². The summed E-state index contributed by atoms with van der Waals surface area (Å²) in [6.07, 6.45) is 9.56. The molecule has 1 aliphatic carbocycles. The van der Waals surface area contributed by atoms with E-state index in [1.54, 1.807) is 19.2 Å². The number of ether oxygens (including phenoxy) is 2. The normalized spacial score (nSPS) is 18.2. The molecule has 1 saturated heterocycles. The second-order valence-electron chi connectivity index (χ2n) is 9.58. The molecule has 35 heavy (non-hydrogen) atoms. The number of benzene rings is 1. The van der Waals surface area contributed by atoms with Crippen LogP contribution in [-0.2, 0) is 4.74 Å². The van der Waals surface area contributed by atoms with Crippen LogP contribution in [0, 0.1) is 0 Å². The highest BCUT2D eigenvalue weighted by Gasteiger charge is 2.24. The van der Waals surface area contributed by atoms with Crippen molar-refractivity contribution in [3.8, 4) is 5.75 Å². The van der Waals surface area contributed by atoms with Crippen LogP contribution >= 0.6 is 11.6 Å². The first-order chi connectivity index (χ1) is 17.0. The summed E-state index contributed by atoms with van der Waals surface area (Å²) >= 11 is 6.40. The molecule has 0 unspecified atom stereocenters. The van der Waals surface area contributed by atoms with Gasteiger partial charge in [-0.05, 0) is 64.0 Å². The number of anilines is 4. The minimum Gasteiger partial charge on any atom is -0.466 e. The first kappa shape index (κ1) is 25.7. The van der Waals surface area contributed by atoms with E-state index < -0.39 is 0 Å². The summed E-state index contributed by atoms with van der Waals surface area (Å²) in [6.45, 7) is 2.30. The number of rotatable bonds is 9. The van der Waals surface area contributed by atoms with Gasteiger partial charge in [-0.1, -0.05) is 37.3 Å². The summed E-state index contributed by atoms with van der Waals surface area (Å²) in [6, 6.07) is 6.29. The molecular weight excluding hydrogens is 466 g/mol. The number of methoxy groups -OCH3 is 1. The van der Waals surface area contributed by atoms with Crippen molar-refractivity contribution in [2.24, 2.45) is 0 Å². The molecule has 1 saturated carbocycles. The summed E-state index contributed by atoms with van der Waals surface area (Å²) in [5, 5.41) is 7.40. The van der Waals surface area contributed by atoms with Gasteiger partial charge in [0.25, 0.3) is 0 Å². The summed E-state index contributed by atoms with van der Waals surface area (Å²) in [5.74, 6) is 2.36. The van der Waals surface area contributed by atoms with Crippen molar-refractivity contribution in [1.82, 2.24) is 19.9 Å². The molecular formula is C25H38ClN7O2. The summed E-state index contributed by atoms with van der Waals surface area (Å²) in [7, 11) is 5.83. The first-order valence-corrected chi connectivity index (χ1v) is 13.0. The van der Waals surface area contributed by atoms with Crippen molar-refractivity contribution in [2.75, 3.05) is 56.6 Å². The number of hydrogen-bond acceptors (Lipinski definition) is 9. The van der Waals surface area contributed by atoms with E-state index in [4.69, 9.17) is 36.0 Å². The molecule has 1 aromatic carbocycles. The number of piperidine rings is 1.